The Morgan fingerprint density at radius 3 is 2.59 bits per heavy atom. The third-order valence-electron chi connectivity index (χ3n) is 3.17. The summed E-state index contributed by atoms with van der Waals surface area (Å²) >= 11 is 0. The first kappa shape index (κ1) is 13.9. The number of carbonyl (C=O) groups is 1. The number of carbonyl (C=O) groups excluding carboxylic acids is 1. The minimum absolute atomic E-state index is 0.0938. The summed E-state index contributed by atoms with van der Waals surface area (Å²) in [6, 6.07) is 5.82. The quantitative estimate of drug-likeness (QED) is 0.603. The van der Waals surface area contributed by atoms with Crippen LogP contribution in [0.3, 0.4) is 0 Å². The molecule has 0 aromatic heterocycles. The predicted octanol–water partition coefficient (Wildman–Crippen LogP) is 3.26. The van der Waals surface area contributed by atoms with Gasteiger partial charge in [-0.25, -0.2) is 0 Å². The van der Waals surface area contributed by atoms with Gasteiger partial charge in [0, 0.05) is 5.56 Å². The predicted molar refractivity (Wildman–Crippen MR) is 72.6 cm³/mol. The summed E-state index contributed by atoms with van der Waals surface area (Å²) in [6.45, 7) is 9.10. The van der Waals surface area contributed by atoms with Crippen LogP contribution in [-0.2, 0) is 0 Å². The third kappa shape index (κ3) is 3.97. The molecule has 94 valence electrons. The molecular weight excluding hydrogens is 210 g/mol. The second-order valence-electron chi connectivity index (χ2n) is 4.69. The van der Waals surface area contributed by atoms with Crippen LogP contribution in [0.1, 0.15) is 48.2 Å². The van der Waals surface area contributed by atoms with Gasteiger partial charge in [0.15, 0.2) is 5.78 Å². The molecule has 0 spiro atoms. The summed E-state index contributed by atoms with van der Waals surface area (Å²) in [6.07, 6.45) is 2.27. The molecule has 0 aliphatic rings. The lowest BCUT2D eigenvalue weighted by Crippen LogP contribution is -2.34. The highest BCUT2D eigenvalue weighted by atomic mass is 16.1. The average molecular weight is 233 g/mol. The second-order valence-corrected chi connectivity index (χ2v) is 4.69. The van der Waals surface area contributed by atoms with E-state index in [-0.39, 0.29) is 11.8 Å². The first-order valence-electron chi connectivity index (χ1n) is 6.41. The van der Waals surface area contributed by atoms with Crippen LogP contribution in [0, 0.1) is 13.8 Å². The van der Waals surface area contributed by atoms with E-state index in [9.17, 15) is 4.79 Å². The molecule has 2 heteroatoms. The first-order chi connectivity index (χ1) is 8.06. The molecular formula is C15H23NO. The van der Waals surface area contributed by atoms with Crippen molar-refractivity contribution in [2.24, 2.45) is 0 Å². The number of Topliss-reactive ketones (excluding diaryl/α,β-unsaturated/α-hetero) is 1. The summed E-state index contributed by atoms with van der Waals surface area (Å²) in [4.78, 5) is 12.1. The zero-order valence-corrected chi connectivity index (χ0v) is 11.3. The largest absolute Gasteiger partial charge is 0.307 e. The number of unbranched alkanes of at least 4 members (excludes halogenated alkanes) is 1. The summed E-state index contributed by atoms with van der Waals surface area (Å²) in [5.41, 5.74) is 3.22. The Morgan fingerprint density at radius 2 is 2.00 bits per heavy atom. The molecule has 1 rings (SSSR count). The Balaban J connectivity index is 2.65. The lowest BCUT2D eigenvalue weighted by Gasteiger charge is -2.13. The SMILES string of the molecule is CCCCNC(C)C(=O)c1ccc(C)c(C)c1. The van der Waals surface area contributed by atoms with Gasteiger partial charge >= 0.3 is 0 Å². The van der Waals surface area contributed by atoms with Crippen molar-refractivity contribution < 1.29 is 4.79 Å². The Kier molecular flexibility index (Phi) is 5.36. The van der Waals surface area contributed by atoms with Gasteiger partial charge in [0.25, 0.3) is 0 Å². The van der Waals surface area contributed by atoms with E-state index in [0.717, 1.165) is 24.9 Å². The number of hydrogen-bond donors (Lipinski definition) is 1. The highest BCUT2D eigenvalue weighted by molar-refractivity contribution is 6.00. The maximum Gasteiger partial charge on any atom is 0.179 e. The van der Waals surface area contributed by atoms with Crippen molar-refractivity contribution in [1.82, 2.24) is 5.32 Å². The van der Waals surface area contributed by atoms with Gasteiger partial charge < -0.3 is 5.32 Å². The number of rotatable bonds is 6. The van der Waals surface area contributed by atoms with Crippen molar-refractivity contribution in [2.45, 2.75) is 46.6 Å². The number of ketones is 1. The van der Waals surface area contributed by atoms with Gasteiger partial charge in [0.05, 0.1) is 6.04 Å². The van der Waals surface area contributed by atoms with Crippen LogP contribution in [0.2, 0.25) is 0 Å². The number of aryl methyl sites for hydroxylation is 2. The Bertz CT molecular complexity index is 385. The van der Waals surface area contributed by atoms with E-state index in [0.29, 0.717) is 0 Å². The fraction of sp³-hybridized carbons (Fsp3) is 0.533. The molecule has 0 aliphatic carbocycles. The van der Waals surface area contributed by atoms with Gasteiger partial charge in [0.1, 0.15) is 0 Å². The molecule has 0 saturated heterocycles. The molecule has 2 nitrogen and oxygen atoms in total. The molecule has 1 aromatic carbocycles. The molecule has 0 bridgehead atoms. The van der Waals surface area contributed by atoms with Gasteiger partial charge in [0.2, 0.25) is 0 Å². The third-order valence-corrected chi connectivity index (χ3v) is 3.17. The van der Waals surface area contributed by atoms with Crippen molar-refractivity contribution in [1.29, 1.82) is 0 Å². The van der Waals surface area contributed by atoms with E-state index in [2.05, 4.69) is 19.2 Å². The molecule has 1 unspecified atom stereocenters. The topological polar surface area (TPSA) is 29.1 Å². The number of nitrogens with one attached hydrogen (secondary N) is 1. The fourth-order valence-electron chi connectivity index (χ4n) is 1.73. The van der Waals surface area contributed by atoms with Crippen LogP contribution in [0.4, 0.5) is 0 Å². The van der Waals surface area contributed by atoms with Crippen molar-refractivity contribution in [3.8, 4) is 0 Å². The Morgan fingerprint density at radius 1 is 1.29 bits per heavy atom. The van der Waals surface area contributed by atoms with Crippen molar-refractivity contribution in [2.75, 3.05) is 6.54 Å². The van der Waals surface area contributed by atoms with Crippen LogP contribution in [0.5, 0.6) is 0 Å². The number of benzene rings is 1. The zero-order valence-electron chi connectivity index (χ0n) is 11.3. The Labute approximate surface area is 104 Å². The van der Waals surface area contributed by atoms with Gasteiger partial charge in [-0.05, 0) is 50.9 Å². The van der Waals surface area contributed by atoms with Gasteiger partial charge in [-0.15, -0.1) is 0 Å². The van der Waals surface area contributed by atoms with E-state index < -0.39 is 0 Å². The molecule has 0 aliphatic heterocycles. The van der Waals surface area contributed by atoms with E-state index in [1.807, 2.05) is 32.0 Å². The maximum atomic E-state index is 12.1. The highest BCUT2D eigenvalue weighted by Gasteiger charge is 2.14. The zero-order chi connectivity index (χ0) is 12.8. The van der Waals surface area contributed by atoms with Gasteiger partial charge in [-0.3, -0.25) is 4.79 Å². The molecule has 17 heavy (non-hydrogen) atoms. The number of hydrogen-bond acceptors (Lipinski definition) is 2. The van der Waals surface area contributed by atoms with Gasteiger partial charge in [-0.1, -0.05) is 25.5 Å². The maximum absolute atomic E-state index is 12.1. The normalized spacial score (nSPS) is 12.5. The molecule has 0 fully saturated rings. The monoisotopic (exact) mass is 233 g/mol. The Hall–Kier alpha value is -1.15. The van der Waals surface area contributed by atoms with Crippen LogP contribution in [0.25, 0.3) is 0 Å². The minimum Gasteiger partial charge on any atom is -0.307 e. The lowest BCUT2D eigenvalue weighted by atomic mass is 10.0. The summed E-state index contributed by atoms with van der Waals surface area (Å²) in [7, 11) is 0. The van der Waals surface area contributed by atoms with Crippen molar-refractivity contribution in [3.63, 3.8) is 0 Å². The van der Waals surface area contributed by atoms with E-state index in [1.54, 1.807) is 0 Å². The van der Waals surface area contributed by atoms with E-state index >= 15 is 0 Å². The van der Waals surface area contributed by atoms with Crippen LogP contribution in [-0.4, -0.2) is 18.4 Å². The van der Waals surface area contributed by atoms with Crippen LogP contribution in [0.15, 0.2) is 18.2 Å². The fourth-order valence-corrected chi connectivity index (χ4v) is 1.73. The molecule has 0 saturated carbocycles. The van der Waals surface area contributed by atoms with Crippen LogP contribution < -0.4 is 5.32 Å². The molecule has 0 heterocycles. The van der Waals surface area contributed by atoms with E-state index in [1.165, 1.54) is 11.1 Å². The average Bonchev–Trinajstić information content (AvgIpc) is 2.32. The first-order valence-corrected chi connectivity index (χ1v) is 6.41. The summed E-state index contributed by atoms with van der Waals surface area (Å²) in [5.74, 6) is 0.184. The molecule has 1 atom stereocenters. The summed E-state index contributed by atoms with van der Waals surface area (Å²) < 4.78 is 0. The minimum atomic E-state index is -0.0938. The smallest absolute Gasteiger partial charge is 0.179 e. The summed E-state index contributed by atoms with van der Waals surface area (Å²) in [5, 5.41) is 3.27. The van der Waals surface area contributed by atoms with Crippen molar-refractivity contribution >= 4 is 5.78 Å². The van der Waals surface area contributed by atoms with Crippen LogP contribution >= 0.6 is 0 Å². The molecule has 1 N–H and O–H groups in total. The molecule has 0 amide bonds. The standard InChI is InChI=1S/C15H23NO/c1-5-6-9-16-13(4)15(17)14-8-7-11(2)12(3)10-14/h7-8,10,13,16H,5-6,9H2,1-4H3. The van der Waals surface area contributed by atoms with Gasteiger partial charge in [-0.2, -0.15) is 0 Å². The molecule has 0 radical (unpaired) electrons. The lowest BCUT2D eigenvalue weighted by molar-refractivity contribution is 0.0951. The molecule has 1 aromatic rings. The van der Waals surface area contributed by atoms with Crippen molar-refractivity contribution in [3.05, 3.63) is 34.9 Å². The van der Waals surface area contributed by atoms with E-state index in [4.69, 9.17) is 0 Å². The second kappa shape index (κ2) is 6.55. The highest BCUT2D eigenvalue weighted by Crippen LogP contribution is 2.11.